The summed E-state index contributed by atoms with van der Waals surface area (Å²) in [7, 11) is 3.28. The first kappa shape index (κ1) is 22.9. The Labute approximate surface area is 188 Å². The number of benzene rings is 2. The predicted molar refractivity (Wildman–Crippen MR) is 125 cm³/mol. The number of ether oxygens (including phenoxy) is 2. The van der Waals surface area contributed by atoms with Gasteiger partial charge in [-0.25, -0.2) is 4.98 Å². The van der Waals surface area contributed by atoms with E-state index in [1.807, 2.05) is 69.3 Å². The number of aromatic nitrogens is 2. The molecule has 0 spiro atoms. The van der Waals surface area contributed by atoms with Gasteiger partial charge in [0.15, 0.2) is 5.16 Å². The molecule has 1 aromatic heterocycles. The molecule has 31 heavy (non-hydrogen) atoms. The first-order valence-corrected chi connectivity index (χ1v) is 11.0. The van der Waals surface area contributed by atoms with Gasteiger partial charge < -0.3 is 19.4 Å². The van der Waals surface area contributed by atoms with E-state index in [1.165, 1.54) is 11.8 Å². The van der Waals surface area contributed by atoms with Crippen LogP contribution in [0.3, 0.4) is 0 Å². The third-order valence-electron chi connectivity index (χ3n) is 5.12. The van der Waals surface area contributed by atoms with Crippen molar-refractivity contribution in [3.05, 3.63) is 71.0 Å². The maximum atomic E-state index is 13.5. The molecule has 164 valence electrons. The van der Waals surface area contributed by atoms with Gasteiger partial charge in [0.1, 0.15) is 11.0 Å². The zero-order valence-electron chi connectivity index (χ0n) is 18.6. The van der Waals surface area contributed by atoms with E-state index >= 15 is 0 Å². The molecule has 0 saturated carbocycles. The Kier molecular flexibility index (Phi) is 7.76. The number of rotatable bonds is 9. The van der Waals surface area contributed by atoms with Crippen LogP contribution in [0.5, 0.6) is 5.75 Å². The summed E-state index contributed by atoms with van der Waals surface area (Å²) < 4.78 is 12.8. The smallest absolute Gasteiger partial charge is 0.242 e. The molecule has 1 N–H and O–H groups in total. The number of nitrogens with zero attached hydrogens (tertiary/aromatic N) is 2. The van der Waals surface area contributed by atoms with Crippen molar-refractivity contribution in [3.8, 4) is 5.75 Å². The van der Waals surface area contributed by atoms with Crippen molar-refractivity contribution in [2.24, 2.45) is 0 Å². The van der Waals surface area contributed by atoms with Gasteiger partial charge in [-0.2, -0.15) is 0 Å². The van der Waals surface area contributed by atoms with Crippen molar-refractivity contribution in [3.63, 3.8) is 0 Å². The molecule has 0 bridgehead atoms. The van der Waals surface area contributed by atoms with Crippen LogP contribution in [0, 0.1) is 20.8 Å². The number of nitrogens with one attached hydrogen (secondary N) is 1. The lowest BCUT2D eigenvalue weighted by Crippen LogP contribution is -2.20. The zero-order valence-corrected chi connectivity index (χ0v) is 19.5. The van der Waals surface area contributed by atoms with Crippen LogP contribution in [0.2, 0.25) is 0 Å². The molecule has 1 amide bonds. The standard InChI is InChI=1S/C24H29N3O3S/c1-16-11-12-21(30-5)20(15-16)26-23(28)22(19-9-7-6-8-10-19)31-24-25-17(2)18(3)27(24)13-14-29-4/h6-12,15,22H,13-14H2,1-5H3,(H,26,28). The van der Waals surface area contributed by atoms with Crippen LogP contribution in [0.1, 0.15) is 27.8 Å². The molecular formula is C24H29N3O3S. The molecule has 0 aliphatic heterocycles. The quantitative estimate of drug-likeness (QED) is 0.479. The van der Waals surface area contributed by atoms with Crippen LogP contribution in [-0.4, -0.2) is 36.3 Å². The number of hydrogen-bond acceptors (Lipinski definition) is 5. The number of aryl methyl sites for hydroxylation is 2. The summed E-state index contributed by atoms with van der Waals surface area (Å²) in [5.74, 6) is 0.501. The van der Waals surface area contributed by atoms with Crippen molar-refractivity contribution < 1.29 is 14.3 Å². The summed E-state index contributed by atoms with van der Waals surface area (Å²) >= 11 is 1.44. The summed E-state index contributed by atoms with van der Waals surface area (Å²) in [5.41, 5.74) is 4.64. The molecule has 3 aromatic rings. The van der Waals surface area contributed by atoms with E-state index in [2.05, 4.69) is 9.88 Å². The van der Waals surface area contributed by atoms with E-state index in [1.54, 1.807) is 14.2 Å². The van der Waals surface area contributed by atoms with Gasteiger partial charge in [0.25, 0.3) is 0 Å². The maximum absolute atomic E-state index is 13.5. The van der Waals surface area contributed by atoms with Gasteiger partial charge in [-0.1, -0.05) is 48.2 Å². The molecule has 0 radical (unpaired) electrons. The van der Waals surface area contributed by atoms with Crippen LogP contribution in [-0.2, 0) is 16.1 Å². The fourth-order valence-electron chi connectivity index (χ4n) is 3.28. The fourth-order valence-corrected chi connectivity index (χ4v) is 4.50. The van der Waals surface area contributed by atoms with Crippen molar-refractivity contribution in [2.75, 3.05) is 26.1 Å². The lowest BCUT2D eigenvalue weighted by molar-refractivity contribution is -0.115. The summed E-state index contributed by atoms with van der Waals surface area (Å²) in [4.78, 5) is 18.2. The normalized spacial score (nSPS) is 11.9. The molecule has 1 heterocycles. The van der Waals surface area contributed by atoms with Crippen LogP contribution < -0.4 is 10.1 Å². The number of carbonyl (C=O) groups is 1. The Morgan fingerprint density at radius 1 is 1.13 bits per heavy atom. The molecule has 0 saturated heterocycles. The molecule has 1 unspecified atom stereocenters. The average Bonchev–Trinajstić information content (AvgIpc) is 3.03. The first-order valence-electron chi connectivity index (χ1n) is 10.1. The topological polar surface area (TPSA) is 65.4 Å². The monoisotopic (exact) mass is 439 g/mol. The molecule has 2 aromatic carbocycles. The van der Waals surface area contributed by atoms with Gasteiger partial charge >= 0.3 is 0 Å². The van der Waals surface area contributed by atoms with E-state index in [0.717, 1.165) is 27.7 Å². The number of carbonyl (C=O) groups excluding carboxylic acids is 1. The van der Waals surface area contributed by atoms with E-state index in [4.69, 9.17) is 14.5 Å². The number of amides is 1. The van der Waals surface area contributed by atoms with Crippen LogP contribution in [0.25, 0.3) is 0 Å². The van der Waals surface area contributed by atoms with Crippen molar-refractivity contribution in [2.45, 2.75) is 37.7 Å². The van der Waals surface area contributed by atoms with Gasteiger partial charge in [0.2, 0.25) is 5.91 Å². The minimum absolute atomic E-state index is 0.128. The SMILES string of the molecule is COCCn1c(SC(C(=O)Nc2cc(C)ccc2OC)c2ccccc2)nc(C)c1C. The largest absolute Gasteiger partial charge is 0.495 e. The second kappa shape index (κ2) is 10.5. The van der Waals surface area contributed by atoms with Crippen LogP contribution >= 0.6 is 11.8 Å². The highest BCUT2D eigenvalue weighted by atomic mass is 32.2. The second-order valence-electron chi connectivity index (χ2n) is 7.31. The second-order valence-corrected chi connectivity index (χ2v) is 8.38. The summed E-state index contributed by atoms with van der Waals surface area (Å²) in [6, 6.07) is 15.5. The highest BCUT2D eigenvalue weighted by Crippen LogP contribution is 2.37. The third kappa shape index (κ3) is 5.48. The van der Waals surface area contributed by atoms with Gasteiger partial charge in [0, 0.05) is 19.3 Å². The van der Waals surface area contributed by atoms with Crippen molar-refractivity contribution in [1.82, 2.24) is 9.55 Å². The minimum Gasteiger partial charge on any atom is -0.495 e. The average molecular weight is 440 g/mol. The summed E-state index contributed by atoms with van der Waals surface area (Å²) in [6.45, 7) is 7.26. The number of methoxy groups -OCH3 is 2. The van der Waals surface area contributed by atoms with E-state index < -0.39 is 5.25 Å². The molecule has 0 aliphatic rings. The Balaban J connectivity index is 1.95. The lowest BCUT2D eigenvalue weighted by Gasteiger charge is -2.19. The molecule has 6 nitrogen and oxygen atoms in total. The zero-order chi connectivity index (χ0) is 22.4. The molecule has 7 heteroatoms. The Hall–Kier alpha value is -2.77. The van der Waals surface area contributed by atoms with E-state index in [9.17, 15) is 4.79 Å². The Morgan fingerprint density at radius 3 is 2.55 bits per heavy atom. The third-order valence-corrected chi connectivity index (χ3v) is 6.36. The molecule has 0 fully saturated rings. The van der Waals surface area contributed by atoms with Crippen molar-refractivity contribution >= 4 is 23.4 Å². The number of imidazole rings is 1. The molecule has 3 rings (SSSR count). The van der Waals surface area contributed by atoms with Gasteiger partial charge in [-0.3, -0.25) is 4.79 Å². The van der Waals surface area contributed by atoms with Crippen LogP contribution in [0.15, 0.2) is 53.7 Å². The Morgan fingerprint density at radius 2 is 1.87 bits per heavy atom. The van der Waals surface area contributed by atoms with Crippen LogP contribution in [0.4, 0.5) is 5.69 Å². The van der Waals surface area contributed by atoms with Crippen molar-refractivity contribution in [1.29, 1.82) is 0 Å². The Bertz CT molecular complexity index is 1030. The predicted octanol–water partition coefficient (Wildman–Crippen LogP) is 4.94. The maximum Gasteiger partial charge on any atom is 0.242 e. The van der Waals surface area contributed by atoms with E-state index in [0.29, 0.717) is 24.6 Å². The highest BCUT2D eigenvalue weighted by Gasteiger charge is 2.26. The lowest BCUT2D eigenvalue weighted by atomic mass is 10.1. The highest BCUT2D eigenvalue weighted by molar-refractivity contribution is 8.00. The minimum atomic E-state index is -0.478. The number of hydrogen-bond donors (Lipinski definition) is 1. The fraction of sp³-hybridized carbons (Fsp3) is 0.333. The van der Waals surface area contributed by atoms with Gasteiger partial charge in [-0.15, -0.1) is 0 Å². The molecule has 1 atom stereocenters. The molecule has 0 aliphatic carbocycles. The molecular weight excluding hydrogens is 410 g/mol. The first-order chi connectivity index (χ1) is 14.9. The van der Waals surface area contributed by atoms with Gasteiger partial charge in [0.05, 0.1) is 25.1 Å². The van der Waals surface area contributed by atoms with Gasteiger partial charge in [-0.05, 0) is 44.0 Å². The summed E-state index contributed by atoms with van der Waals surface area (Å²) in [6.07, 6.45) is 0. The number of thioether (sulfide) groups is 1. The van der Waals surface area contributed by atoms with E-state index in [-0.39, 0.29) is 5.91 Å². The summed E-state index contributed by atoms with van der Waals surface area (Å²) in [5, 5.41) is 3.38. The number of anilines is 1.